The average molecular weight is 546 g/mol. The van der Waals surface area contributed by atoms with Gasteiger partial charge in [-0.3, -0.25) is 19.4 Å². The molecule has 0 radical (unpaired) electrons. The van der Waals surface area contributed by atoms with E-state index >= 15 is 0 Å². The number of amides is 2. The number of carboxylic acid groups (broad SMARTS) is 1. The third kappa shape index (κ3) is 12.9. The number of carbonyl (C=O) groups excluding carboxylic acids is 3. The van der Waals surface area contributed by atoms with E-state index in [1.165, 1.54) is 24.3 Å². The number of carboxylic acids is 1. The van der Waals surface area contributed by atoms with Gasteiger partial charge in [0.1, 0.15) is 30.9 Å². The SMILES string of the molecule is CC(C)(C)OC(=O)N(CCN(CC(=O)OCc1ccc(S(N)(=O)=O)cc1)C(=O)OC(C)(C)C)CC(=O)O. The van der Waals surface area contributed by atoms with Gasteiger partial charge in [0.25, 0.3) is 0 Å². The third-order valence-electron chi connectivity index (χ3n) is 4.24. The predicted octanol–water partition coefficient (Wildman–Crippen LogP) is 1.94. The zero-order chi connectivity index (χ0) is 28.6. The molecule has 1 rings (SSSR count). The van der Waals surface area contributed by atoms with Crippen molar-refractivity contribution in [2.24, 2.45) is 5.14 Å². The molecule has 37 heavy (non-hydrogen) atoms. The van der Waals surface area contributed by atoms with Crippen LogP contribution in [0.3, 0.4) is 0 Å². The second kappa shape index (κ2) is 12.7. The number of primary sulfonamides is 1. The number of hydrogen-bond acceptors (Lipinski definition) is 9. The van der Waals surface area contributed by atoms with Gasteiger partial charge in [0.05, 0.1) is 4.90 Å². The summed E-state index contributed by atoms with van der Waals surface area (Å²) in [5, 5.41) is 14.2. The summed E-state index contributed by atoms with van der Waals surface area (Å²) in [6.45, 7) is 7.78. The van der Waals surface area contributed by atoms with E-state index in [0.717, 1.165) is 9.80 Å². The maximum Gasteiger partial charge on any atom is 0.410 e. The standard InChI is InChI=1S/C23H35N3O10S/c1-22(2,3)35-20(30)25(13-18(27)28)11-12-26(21(31)36-23(4,5)6)14-19(29)34-15-16-7-9-17(10-8-16)37(24,32)33/h7-10H,11-15H2,1-6H3,(H,27,28)(H2,24,32,33). The molecule has 208 valence electrons. The van der Waals surface area contributed by atoms with Crippen LogP contribution >= 0.6 is 0 Å². The van der Waals surface area contributed by atoms with E-state index in [4.69, 9.17) is 19.3 Å². The minimum Gasteiger partial charge on any atom is -0.480 e. The molecule has 0 aliphatic heterocycles. The lowest BCUT2D eigenvalue weighted by Crippen LogP contribution is -2.47. The first-order valence-corrected chi connectivity index (χ1v) is 12.8. The molecule has 14 heteroatoms. The molecule has 1 aromatic rings. The van der Waals surface area contributed by atoms with Crippen LogP contribution in [0.15, 0.2) is 29.2 Å². The first kappa shape index (κ1) is 31.6. The molecule has 0 saturated carbocycles. The molecule has 2 amide bonds. The van der Waals surface area contributed by atoms with Crippen LogP contribution in [0, 0.1) is 0 Å². The fourth-order valence-corrected chi connectivity index (χ4v) is 3.18. The Morgan fingerprint density at radius 1 is 0.838 bits per heavy atom. The lowest BCUT2D eigenvalue weighted by molar-refractivity contribution is -0.146. The van der Waals surface area contributed by atoms with Gasteiger partial charge in [0, 0.05) is 13.1 Å². The Hall–Kier alpha value is -3.39. The van der Waals surface area contributed by atoms with E-state index < -0.39 is 58.4 Å². The van der Waals surface area contributed by atoms with Crippen LogP contribution in [0.2, 0.25) is 0 Å². The lowest BCUT2D eigenvalue weighted by Gasteiger charge is -2.30. The van der Waals surface area contributed by atoms with Gasteiger partial charge in [-0.15, -0.1) is 0 Å². The Labute approximate surface area is 216 Å². The van der Waals surface area contributed by atoms with E-state index in [1.807, 2.05) is 0 Å². The smallest absolute Gasteiger partial charge is 0.410 e. The fraction of sp³-hybridized carbons (Fsp3) is 0.565. The monoisotopic (exact) mass is 545 g/mol. The number of sulfonamides is 1. The van der Waals surface area contributed by atoms with Gasteiger partial charge < -0.3 is 19.3 Å². The molecule has 0 unspecified atom stereocenters. The average Bonchev–Trinajstić information content (AvgIpc) is 2.71. The van der Waals surface area contributed by atoms with Crippen LogP contribution < -0.4 is 5.14 Å². The van der Waals surface area contributed by atoms with Gasteiger partial charge >= 0.3 is 24.1 Å². The van der Waals surface area contributed by atoms with E-state index in [-0.39, 0.29) is 24.6 Å². The number of hydrogen-bond donors (Lipinski definition) is 2. The Morgan fingerprint density at radius 3 is 1.65 bits per heavy atom. The Balaban J connectivity index is 2.93. The molecular formula is C23H35N3O10S. The quantitative estimate of drug-likeness (QED) is 0.325. The highest BCUT2D eigenvalue weighted by Gasteiger charge is 2.28. The molecule has 0 spiro atoms. The number of carbonyl (C=O) groups is 4. The summed E-state index contributed by atoms with van der Waals surface area (Å²) in [5.74, 6) is -2.11. The number of aliphatic carboxylic acids is 1. The van der Waals surface area contributed by atoms with Crippen molar-refractivity contribution in [3.8, 4) is 0 Å². The summed E-state index contributed by atoms with van der Waals surface area (Å²) in [7, 11) is -3.87. The lowest BCUT2D eigenvalue weighted by atomic mass is 10.2. The van der Waals surface area contributed by atoms with Crippen molar-refractivity contribution in [1.29, 1.82) is 0 Å². The topological polar surface area (TPSA) is 183 Å². The van der Waals surface area contributed by atoms with Crippen LogP contribution in [0.25, 0.3) is 0 Å². The Kier molecular flexibility index (Phi) is 10.9. The first-order valence-electron chi connectivity index (χ1n) is 11.2. The number of benzene rings is 1. The van der Waals surface area contributed by atoms with E-state index in [1.54, 1.807) is 41.5 Å². The summed E-state index contributed by atoms with van der Waals surface area (Å²) in [6, 6.07) is 5.37. The Morgan fingerprint density at radius 2 is 1.27 bits per heavy atom. The molecule has 1 aromatic carbocycles. The fourth-order valence-electron chi connectivity index (χ4n) is 2.67. The second-order valence-corrected chi connectivity index (χ2v) is 11.6. The molecule has 0 bridgehead atoms. The maximum absolute atomic E-state index is 12.7. The van der Waals surface area contributed by atoms with Gasteiger partial charge in [-0.05, 0) is 59.2 Å². The van der Waals surface area contributed by atoms with Crippen molar-refractivity contribution in [1.82, 2.24) is 9.80 Å². The van der Waals surface area contributed by atoms with E-state index in [2.05, 4.69) is 0 Å². The summed E-state index contributed by atoms with van der Waals surface area (Å²) < 4.78 is 38.4. The molecule has 13 nitrogen and oxygen atoms in total. The molecule has 0 heterocycles. The zero-order valence-corrected chi connectivity index (χ0v) is 22.7. The molecule has 0 fully saturated rings. The van der Waals surface area contributed by atoms with Gasteiger partial charge in [-0.2, -0.15) is 0 Å². The van der Waals surface area contributed by atoms with Crippen molar-refractivity contribution in [3.63, 3.8) is 0 Å². The van der Waals surface area contributed by atoms with Gasteiger partial charge in [-0.25, -0.2) is 23.1 Å². The van der Waals surface area contributed by atoms with Crippen LogP contribution in [0.1, 0.15) is 47.1 Å². The molecule has 0 saturated heterocycles. The highest BCUT2D eigenvalue weighted by Crippen LogP contribution is 2.13. The highest BCUT2D eigenvalue weighted by atomic mass is 32.2. The minimum atomic E-state index is -3.87. The van der Waals surface area contributed by atoms with Crippen molar-refractivity contribution < 1.29 is 46.9 Å². The Bertz CT molecular complexity index is 1070. The van der Waals surface area contributed by atoms with E-state index in [9.17, 15) is 32.7 Å². The molecular weight excluding hydrogens is 510 g/mol. The van der Waals surface area contributed by atoms with Crippen LogP contribution in [-0.4, -0.2) is 84.8 Å². The summed E-state index contributed by atoms with van der Waals surface area (Å²) in [4.78, 5) is 50.7. The highest BCUT2D eigenvalue weighted by molar-refractivity contribution is 7.89. The summed E-state index contributed by atoms with van der Waals surface area (Å²) >= 11 is 0. The molecule has 0 atom stereocenters. The van der Waals surface area contributed by atoms with Crippen LogP contribution in [-0.2, 0) is 40.4 Å². The molecule has 3 N–H and O–H groups in total. The van der Waals surface area contributed by atoms with Crippen molar-refractivity contribution in [2.45, 2.75) is 64.2 Å². The third-order valence-corrected chi connectivity index (χ3v) is 5.17. The van der Waals surface area contributed by atoms with E-state index in [0.29, 0.717) is 5.56 Å². The van der Waals surface area contributed by atoms with Crippen molar-refractivity contribution in [2.75, 3.05) is 26.2 Å². The summed E-state index contributed by atoms with van der Waals surface area (Å²) in [5.41, 5.74) is -1.30. The van der Waals surface area contributed by atoms with Crippen LogP contribution in [0.5, 0.6) is 0 Å². The number of ether oxygens (including phenoxy) is 3. The predicted molar refractivity (Wildman–Crippen MR) is 131 cm³/mol. The number of rotatable bonds is 10. The van der Waals surface area contributed by atoms with Gasteiger partial charge in [0.2, 0.25) is 10.0 Å². The molecule has 0 aliphatic rings. The maximum atomic E-state index is 12.7. The molecule has 0 aliphatic carbocycles. The summed E-state index contributed by atoms with van der Waals surface area (Å²) in [6.07, 6.45) is -1.77. The number of nitrogens with two attached hydrogens (primary N) is 1. The molecule has 0 aromatic heterocycles. The normalized spacial score (nSPS) is 11.9. The number of nitrogens with zero attached hydrogens (tertiary/aromatic N) is 2. The van der Waals surface area contributed by atoms with Gasteiger partial charge in [0.15, 0.2) is 0 Å². The largest absolute Gasteiger partial charge is 0.480 e. The van der Waals surface area contributed by atoms with Gasteiger partial charge in [-0.1, -0.05) is 12.1 Å². The minimum absolute atomic E-state index is 0.102. The van der Waals surface area contributed by atoms with Crippen LogP contribution in [0.4, 0.5) is 9.59 Å². The first-order chi connectivity index (χ1) is 16.8. The van der Waals surface area contributed by atoms with Crippen molar-refractivity contribution >= 4 is 34.1 Å². The number of esters is 1. The zero-order valence-electron chi connectivity index (χ0n) is 21.8. The second-order valence-electron chi connectivity index (χ2n) is 10.0. The van der Waals surface area contributed by atoms with Crippen molar-refractivity contribution in [3.05, 3.63) is 29.8 Å².